The number of hydrogen-bond donors (Lipinski definition) is 0. The number of para-hydroxylation sites is 1. The molecule has 63 heavy (non-hydrogen) atoms. The minimum absolute atomic E-state index is 0.112. The molecule has 0 saturated heterocycles. The highest BCUT2D eigenvalue weighted by Gasteiger charge is 2.35. The molecule has 0 radical (unpaired) electrons. The first kappa shape index (κ1) is 40.2. The van der Waals surface area contributed by atoms with Crippen LogP contribution in [0.25, 0.3) is 55.5 Å². The van der Waals surface area contributed by atoms with Crippen LogP contribution in [0.15, 0.2) is 194 Å². The Morgan fingerprint density at radius 2 is 1.06 bits per heavy atom. The molecule has 0 spiro atoms. The van der Waals surface area contributed by atoms with E-state index in [0.29, 0.717) is 19.1 Å². The second-order valence-electron chi connectivity index (χ2n) is 17.7. The van der Waals surface area contributed by atoms with Gasteiger partial charge in [0.1, 0.15) is 0 Å². The fraction of sp³-hybridized carbons (Fsp3) is 0.167. The van der Waals surface area contributed by atoms with E-state index >= 15 is 0 Å². The molecule has 0 saturated carbocycles. The van der Waals surface area contributed by atoms with Crippen LogP contribution >= 0.6 is 0 Å². The monoisotopic (exact) mass is 818 g/mol. The van der Waals surface area contributed by atoms with Crippen LogP contribution in [0, 0.1) is 0 Å². The van der Waals surface area contributed by atoms with Crippen LogP contribution in [-0.4, -0.2) is 4.57 Å². The van der Waals surface area contributed by atoms with Crippen LogP contribution in [0.3, 0.4) is 0 Å². The van der Waals surface area contributed by atoms with Gasteiger partial charge >= 0.3 is 0 Å². The van der Waals surface area contributed by atoms with Gasteiger partial charge in [0.25, 0.3) is 0 Å². The lowest BCUT2D eigenvalue weighted by atomic mass is 9.82. The van der Waals surface area contributed by atoms with Crippen molar-refractivity contribution in [2.75, 3.05) is 4.90 Å². The highest BCUT2D eigenvalue weighted by molar-refractivity contribution is 6.04. The Balaban J connectivity index is 0.964. The summed E-state index contributed by atoms with van der Waals surface area (Å²) in [7, 11) is 2.18. The van der Waals surface area contributed by atoms with Crippen molar-refractivity contribution in [3.63, 3.8) is 0 Å². The molecular weight excluding hydrogens is 765 g/mol. The van der Waals surface area contributed by atoms with Gasteiger partial charge in [-0.05, 0) is 116 Å². The Morgan fingerprint density at radius 3 is 1.73 bits per heavy atom. The topological polar surface area (TPSA) is 17.4 Å². The fourth-order valence-electron chi connectivity index (χ4n) is 9.74. The van der Waals surface area contributed by atoms with Crippen LogP contribution in [0.2, 0.25) is 0 Å². The zero-order valence-corrected chi connectivity index (χ0v) is 37.0. The summed E-state index contributed by atoms with van der Waals surface area (Å²) in [6.07, 6.45) is 1.15. The van der Waals surface area contributed by atoms with E-state index < -0.39 is 0 Å². The number of hydrogen-bond acceptors (Lipinski definition) is 2. The lowest BCUT2D eigenvalue weighted by molar-refractivity contribution is 0.107. The Hall–Kier alpha value is -6.94. The Labute approximate surface area is 372 Å². The Morgan fingerprint density at radius 1 is 0.524 bits per heavy atom. The van der Waals surface area contributed by atoms with Crippen molar-refractivity contribution in [1.29, 1.82) is 0 Å². The molecule has 310 valence electrons. The predicted molar refractivity (Wildman–Crippen MR) is 265 cm³/mol. The van der Waals surface area contributed by atoms with Crippen LogP contribution in [-0.2, 0) is 30.4 Å². The standard InChI is InChI=1S/C60H54N2O/c1-6-41(2)44-24-20-42(21-25-44)39-63-40-43-22-26-45(27-23-43)46-28-32-49(33-29-46)62(51-36-37-53-52-16-10-12-18-55(52)60(3,4)56(53)38-51)50-34-30-47(31-35-50)58-54-17-11-13-19-57(54)61(5)59(58)48-14-8-7-9-15-48/h7-38,41H,6,39-40H2,1-5H3. The largest absolute Gasteiger partial charge is 0.372 e. The molecule has 9 aromatic rings. The lowest BCUT2D eigenvalue weighted by Crippen LogP contribution is -2.16. The summed E-state index contributed by atoms with van der Waals surface area (Å²) >= 11 is 0. The van der Waals surface area contributed by atoms with Gasteiger partial charge in [0.2, 0.25) is 0 Å². The van der Waals surface area contributed by atoms with E-state index in [9.17, 15) is 0 Å². The SMILES string of the molecule is CCC(C)c1ccc(COCc2ccc(-c3ccc(N(c4ccc(-c5c(-c6ccccc6)n(C)c6ccccc56)cc4)c4ccc5c(c4)C(C)(C)c4ccccc4-5)cc3)cc2)cc1. The van der Waals surface area contributed by atoms with E-state index in [4.69, 9.17) is 4.74 Å². The molecule has 3 heteroatoms. The van der Waals surface area contributed by atoms with Gasteiger partial charge in [-0.3, -0.25) is 0 Å². The molecule has 0 fully saturated rings. The van der Waals surface area contributed by atoms with E-state index in [1.54, 1.807) is 0 Å². The molecular formula is C60H54N2O. The molecule has 1 aromatic heterocycles. The summed E-state index contributed by atoms with van der Waals surface area (Å²) in [6.45, 7) is 10.4. The fourth-order valence-corrected chi connectivity index (χ4v) is 9.74. The maximum absolute atomic E-state index is 6.13. The summed E-state index contributed by atoms with van der Waals surface area (Å²) in [5.41, 5.74) is 20.9. The van der Waals surface area contributed by atoms with Gasteiger partial charge in [-0.15, -0.1) is 0 Å². The van der Waals surface area contributed by atoms with E-state index in [0.717, 1.165) is 23.5 Å². The van der Waals surface area contributed by atoms with Crippen molar-refractivity contribution in [3.05, 3.63) is 222 Å². The van der Waals surface area contributed by atoms with Crippen molar-refractivity contribution in [2.45, 2.75) is 58.7 Å². The first-order chi connectivity index (χ1) is 30.8. The minimum Gasteiger partial charge on any atom is -0.372 e. The number of ether oxygens (including phenoxy) is 1. The first-order valence-electron chi connectivity index (χ1n) is 22.4. The summed E-state index contributed by atoms with van der Waals surface area (Å²) in [6, 6.07) is 71.3. The smallest absolute Gasteiger partial charge is 0.0721 e. The maximum atomic E-state index is 6.13. The molecule has 1 aliphatic carbocycles. The Kier molecular flexibility index (Phi) is 10.7. The van der Waals surface area contributed by atoms with Crippen LogP contribution < -0.4 is 4.90 Å². The van der Waals surface area contributed by atoms with E-state index in [-0.39, 0.29) is 5.41 Å². The van der Waals surface area contributed by atoms with Crippen LogP contribution in [0.5, 0.6) is 0 Å². The van der Waals surface area contributed by atoms with Crippen LogP contribution in [0.1, 0.15) is 67.9 Å². The number of benzene rings is 8. The van der Waals surface area contributed by atoms with Gasteiger partial charge < -0.3 is 14.2 Å². The molecule has 0 aliphatic heterocycles. The summed E-state index contributed by atoms with van der Waals surface area (Å²) in [5.74, 6) is 0.582. The molecule has 0 bridgehead atoms. The predicted octanol–water partition coefficient (Wildman–Crippen LogP) is 16.2. The summed E-state index contributed by atoms with van der Waals surface area (Å²) < 4.78 is 8.47. The molecule has 1 unspecified atom stereocenters. The van der Waals surface area contributed by atoms with Gasteiger partial charge in [-0.2, -0.15) is 0 Å². The highest BCUT2D eigenvalue weighted by Crippen LogP contribution is 2.51. The van der Waals surface area contributed by atoms with Gasteiger partial charge in [0.05, 0.1) is 18.9 Å². The van der Waals surface area contributed by atoms with Crippen molar-refractivity contribution in [2.24, 2.45) is 7.05 Å². The Bertz CT molecular complexity index is 3030. The summed E-state index contributed by atoms with van der Waals surface area (Å²) in [5, 5.41) is 1.25. The van der Waals surface area contributed by atoms with Gasteiger partial charge in [-0.25, -0.2) is 0 Å². The molecule has 10 rings (SSSR count). The molecule has 1 aliphatic rings. The third-order valence-electron chi connectivity index (χ3n) is 13.5. The first-order valence-corrected chi connectivity index (χ1v) is 22.4. The average molecular weight is 819 g/mol. The van der Waals surface area contributed by atoms with Crippen molar-refractivity contribution >= 4 is 28.0 Å². The molecule has 8 aromatic carbocycles. The molecule has 0 N–H and O–H groups in total. The molecule has 0 amide bonds. The van der Waals surface area contributed by atoms with E-state index in [1.807, 2.05) is 0 Å². The van der Waals surface area contributed by atoms with E-state index in [2.05, 4.69) is 238 Å². The van der Waals surface area contributed by atoms with Crippen molar-refractivity contribution in [3.8, 4) is 44.6 Å². The second-order valence-corrected chi connectivity index (χ2v) is 17.7. The number of aromatic nitrogens is 1. The third-order valence-corrected chi connectivity index (χ3v) is 13.5. The zero-order valence-electron chi connectivity index (χ0n) is 37.0. The van der Waals surface area contributed by atoms with Crippen molar-refractivity contribution in [1.82, 2.24) is 4.57 Å². The maximum Gasteiger partial charge on any atom is 0.0721 e. The number of anilines is 3. The lowest BCUT2D eigenvalue weighted by Gasteiger charge is -2.28. The minimum atomic E-state index is -0.112. The normalized spacial score (nSPS) is 13.2. The van der Waals surface area contributed by atoms with Gasteiger partial charge in [-0.1, -0.05) is 179 Å². The highest BCUT2D eigenvalue weighted by atomic mass is 16.5. The molecule has 3 nitrogen and oxygen atoms in total. The van der Waals surface area contributed by atoms with Crippen LogP contribution in [0.4, 0.5) is 17.1 Å². The molecule has 1 heterocycles. The quantitative estimate of drug-likeness (QED) is 0.122. The second kappa shape index (κ2) is 16.7. The number of rotatable bonds is 12. The zero-order chi connectivity index (χ0) is 43.1. The molecule has 1 atom stereocenters. The van der Waals surface area contributed by atoms with Crippen molar-refractivity contribution < 1.29 is 4.74 Å². The number of aryl methyl sites for hydroxylation is 1. The number of nitrogens with zero attached hydrogens (tertiary/aromatic N) is 2. The van der Waals surface area contributed by atoms with E-state index in [1.165, 1.54) is 83.4 Å². The average Bonchev–Trinajstić information content (AvgIpc) is 3.76. The van der Waals surface area contributed by atoms with Gasteiger partial charge in [0, 0.05) is 46.0 Å². The number of fused-ring (bicyclic) bond motifs is 4. The third kappa shape index (κ3) is 7.47. The summed E-state index contributed by atoms with van der Waals surface area (Å²) in [4.78, 5) is 2.41. The van der Waals surface area contributed by atoms with Gasteiger partial charge in [0.15, 0.2) is 0 Å².